The average molecular weight is 227 g/mol. The number of benzene rings is 2. The van der Waals surface area contributed by atoms with Gasteiger partial charge in [0.2, 0.25) is 0 Å². The summed E-state index contributed by atoms with van der Waals surface area (Å²) in [6, 6.07) is 12.8. The summed E-state index contributed by atoms with van der Waals surface area (Å²) in [7, 11) is 0. The molecule has 0 spiro atoms. The zero-order chi connectivity index (χ0) is 12.1. The first-order chi connectivity index (χ1) is 8.31. The molecule has 2 aromatic carbocycles. The van der Waals surface area contributed by atoms with Gasteiger partial charge in [0.15, 0.2) is 0 Å². The first-order valence-electron chi connectivity index (χ1n) is 6.58. The van der Waals surface area contributed by atoms with Gasteiger partial charge in [-0.1, -0.05) is 50.5 Å². The lowest BCUT2D eigenvalue weighted by Crippen LogP contribution is -1.90. The van der Waals surface area contributed by atoms with Crippen LogP contribution in [0.2, 0.25) is 0 Å². The molecule has 0 fully saturated rings. The minimum Gasteiger partial charge on any atom is -0.398 e. The van der Waals surface area contributed by atoms with E-state index in [1.807, 2.05) is 12.1 Å². The summed E-state index contributed by atoms with van der Waals surface area (Å²) < 4.78 is 0. The molecule has 2 aromatic rings. The first kappa shape index (κ1) is 12.0. The Morgan fingerprint density at radius 2 is 1.88 bits per heavy atom. The fourth-order valence-electron chi connectivity index (χ4n) is 2.26. The number of nitrogens with two attached hydrogens (primary N) is 1. The van der Waals surface area contributed by atoms with Gasteiger partial charge in [0.25, 0.3) is 0 Å². The number of anilines is 1. The van der Waals surface area contributed by atoms with E-state index in [9.17, 15) is 0 Å². The van der Waals surface area contributed by atoms with Crippen molar-refractivity contribution in [1.82, 2.24) is 0 Å². The Morgan fingerprint density at radius 1 is 1.00 bits per heavy atom. The van der Waals surface area contributed by atoms with Crippen LogP contribution < -0.4 is 5.73 Å². The van der Waals surface area contributed by atoms with Crippen LogP contribution in [0.15, 0.2) is 36.4 Å². The molecule has 0 atom stereocenters. The molecule has 17 heavy (non-hydrogen) atoms. The molecule has 1 heteroatoms. The zero-order valence-corrected chi connectivity index (χ0v) is 10.6. The minimum atomic E-state index is 0.887. The molecular weight excluding hydrogens is 206 g/mol. The van der Waals surface area contributed by atoms with Crippen LogP contribution >= 0.6 is 0 Å². The Labute approximate surface area is 104 Å². The van der Waals surface area contributed by atoms with E-state index >= 15 is 0 Å². The lowest BCUT2D eigenvalue weighted by atomic mass is 10.0. The van der Waals surface area contributed by atoms with Crippen molar-refractivity contribution in [1.29, 1.82) is 0 Å². The SMILES string of the molecule is CCCCCCc1ccc2cccc(N)c2c1. The molecule has 0 radical (unpaired) electrons. The highest BCUT2D eigenvalue weighted by Crippen LogP contribution is 2.22. The molecular formula is C16H21N. The number of hydrogen-bond acceptors (Lipinski definition) is 1. The number of rotatable bonds is 5. The van der Waals surface area contributed by atoms with Crippen molar-refractivity contribution in [2.75, 3.05) is 5.73 Å². The monoisotopic (exact) mass is 227 g/mol. The van der Waals surface area contributed by atoms with Crippen molar-refractivity contribution < 1.29 is 0 Å². The second-order valence-corrected chi connectivity index (χ2v) is 4.71. The minimum absolute atomic E-state index is 0.887. The second kappa shape index (κ2) is 5.72. The molecule has 0 aliphatic carbocycles. The van der Waals surface area contributed by atoms with Gasteiger partial charge < -0.3 is 5.73 Å². The van der Waals surface area contributed by atoms with Gasteiger partial charge in [-0.2, -0.15) is 0 Å². The smallest absolute Gasteiger partial charge is 0.0393 e. The van der Waals surface area contributed by atoms with Crippen LogP contribution in [-0.4, -0.2) is 0 Å². The van der Waals surface area contributed by atoms with Gasteiger partial charge in [0, 0.05) is 11.1 Å². The predicted molar refractivity (Wildman–Crippen MR) is 76.2 cm³/mol. The predicted octanol–water partition coefficient (Wildman–Crippen LogP) is 4.54. The zero-order valence-electron chi connectivity index (χ0n) is 10.6. The van der Waals surface area contributed by atoms with Gasteiger partial charge in [-0.3, -0.25) is 0 Å². The van der Waals surface area contributed by atoms with Gasteiger partial charge in [0.05, 0.1) is 0 Å². The number of nitrogen functional groups attached to an aromatic ring is 1. The Hall–Kier alpha value is -1.50. The third-order valence-electron chi connectivity index (χ3n) is 3.30. The summed E-state index contributed by atoms with van der Waals surface area (Å²) in [5.41, 5.74) is 8.30. The van der Waals surface area contributed by atoms with E-state index < -0.39 is 0 Å². The standard InChI is InChI=1S/C16H21N/c1-2-3-4-5-7-13-10-11-14-8-6-9-16(17)15(14)12-13/h6,8-12H,2-5,7,17H2,1H3. The van der Waals surface area contributed by atoms with Crippen molar-refractivity contribution in [2.24, 2.45) is 0 Å². The Balaban J connectivity index is 2.11. The number of unbranched alkanes of at least 4 members (excludes halogenated alkanes) is 3. The van der Waals surface area contributed by atoms with Crippen molar-refractivity contribution in [2.45, 2.75) is 39.0 Å². The summed E-state index contributed by atoms with van der Waals surface area (Å²) in [5, 5.41) is 2.43. The molecule has 0 saturated heterocycles. The molecule has 1 nitrogen and oxygen atoms in total. The van der Waals surface area contributed by atoms with Crippen molar-refractivity contribution in [3.8, 4) is 0 Å². The molecule has 0 saturated carbocycles. The van der Waals surface area contributed by atoms with Crippen LogP contribution in [0, 0.1) is 0 Å². The molecule has 0 aromatic heterocycles. The molecule has 0 aliphatic heterocycles. The van der Waals surface area contributed by atoms with E-state index in [1.165, 1.54) is 48.4 Å². The lowest BCUT2D eigenvalue weighted by Gasteiger charge is -2.06. The molecule has 0 heterocycles. The Morgan fingerprint density at radius 3 is 2.71 bits per heavy atom. The van der Waals surface area contributed by atoms with E-state index in [4.69, 9.17) is 5.73 Å². The Bertz CT molecular complexity index is 488. The van der Waals surface area contributed by atoms with Gasteiger partial charge in [-0.25, -0.2) is 0 Å². The molecule has 0 amide bonds. The van der Waals surface area contributed by atoms with Gasteiger partial charge in [0.1, 0.15) is 0 Å². The van der Waals surface area contributed by atoms with Crippen LogP contribution in [0.1, 0.15) is 38.2 Å². The molecule has 2 N–H and O–H groups in total. The Kier molecular flexibility index (Phi) is 4.03. The van der Waals surface area contributed by atoms with E-state index in [2.05, 4.69) is 31.2 Å². The average Bonchev–Trinajstić information content (AvgIpc) is 2.36. The summed E-state index contributed by atoms with van der Waals surface area (Å²) in [6.45, 7) is 2.25. The maximum atomic E-state index is 6.00. The highest BCUT2D eigenvalue weighted by Gasteiger charge is 1.99. The largest absolute Gasteiger partial charge is 0.398 e. The highest BCUT2D eigenvalue weighted by molar-refractivity contribution is 5.93. The topological polar surface area (TPSA) is 26.0 Å². The van der Waals surface area contributed by atoms with Crippen LogP contribution in [-0.2, 0) is 6.42 Å². The van der Waals surface area contributed by atoms with Crippen LogP contribution in [0.25, 0.3) is 10.8 Å². The van der Waals surface area contributed by atoms with E-state index in [-0.39, 0.29) is 0 Å². The van der Waals surface area contributed by atoms with Crippen LogP contribution in [0.4, 0.5) is 5.69 Å². The molecule has 0 aliphatic rings. The van der Waals surface area contributed by atoms with Gasteiger partial charge >= 0.3 is 0 Å². The van der Waals surface area contributed by atoms with E-state index in [0.717, 1.165) is 5.69 Å². The highest BCUT2D eigenvalue weighted by atomic mass is 14.5. The van der Waals surface area contributed by atoms with Crippen molar-refractivity contribution in [3.05, 3.63) is 42.0 Å². The molecule has 0 bridgehead atoms. The van der Waals surface area contributed by atoms with Gasteiger partial charge in [-0.05, 0) is 35.9 Å². The fourth-order valence-corrected chi connectivity index (χ4v) is 2.26. The fraction of sp³-hybridized carbons (Fsp3) is 0.375. The van der Waals surface area contributed by atoms with Crippen molar-refractivity contribution >= 4 is 16.5 Å². The molecule has 0 unspecified atom stereocenters. The molecule has 90 valence electrons. The normalized spacial score (nSPS) is 10.9. The lowest BCUT2D eigenvalue weighted by molar-refractivity contribution is 0.667. The third-order valence-corrected chi connectivity index (χ3v) is 3.30. The van der Waals surface area contributed by atoms with Crippen LogP contribution in [0.3, 0.4) is 0 Å². The maximum Gasteiger partial charge on any atom is 0.0393 e. The quantitative estimate of drug-likeness (QED) is 0.588. The molecule has 2 rings (SSSR count). The summed E-state index contributed by atoms with van der Waals surface area (Å²) in [6.07, 6.45) is 6.43. The number of fused-ring (bicyclic) bond motifs is 1. The first-order valence-corrected chi connectivity index (χ1v) is 6.58. The number of hydrogen-bond donors (Lipinski definition) is 1. The van der Waals surface area contributed by atoms with E-state index in [1.54, 1.807) is 0 Å². The van der Waals surface area contributed by atoms with Crippen LogP contribution in [0.5, 0.6) is 0 Å². The summed E-state index contributed by atoms with van der Waals surface area (Å²) >= 11 is 0. The second-order valence-electron chi connectivity index (χ2n) is 4.71. The van der Waals surface area contributed by atoms with Crippen molar-refractivity contribution in [3.63, 3.8) is 0 Å². The maximum absolute atomic E-state index is 6.00. The summed E-state index contributed by atoms with van der Waals surface area (Å²) in [4.78, 5) is 0. The summed E-state index contributed by atoms with van der Waals surface area (Å²) in [5.74, 6) is 0. The van der Waals surface area contributed by atoms with Gasteiger partial charge in [-0.15, -0.1) is 0 Å². The van der Waals surface area contributed by atoms with E-state index in [0.29, 0.717) is 0 Å². The number of aryl methyl sites for hydroxylation is 1. The third kappa shape index (κ3) is 3.00.